The van der Waals surface area contributed by atoms with Crippen LogP contribution in [0.25, 0.3) is 10.9 Å². The van der Waals surface area contributed by atoms with Gasteiger partial charge in [-0.15, -0.1) is 0 Å². The third-order valence-electron chi connectivity index (χ3n) is 2.07. The molecule has 1 N–H and O–H groups in total. The Morgan fingerprint density at radius 1 is 1.40 bits per heavy atom. The monoisotopic (exact) mass is 270 g/mol. The first-order valence-corrected chi connectivity index (χ1v) is 5.73. The van der Waals surface area contributed by atoms with Crippen LogP contribution < -0.4 is 0 Å². The highest BCUT2D eigenvalue weighted by Crippen LogP contribution is 2.22. The molecule has 0 unspecified atom stereocenters. The van der Waals surface area contributed by atoms with Crippen molar-refractivity contribution in [2.24, 2.45) is 7.05 Å². The molecule has 82 valence electrons. The van der Waals surface area contributed by atoms with Crippen molar-refractivity contribution in [2.45, 2.75) is 20.5 Å². The molecule has 0 bridgehead atoms. The minimum atomic E-state index is 0.0173. The van der Waals surface area contributed by atoms with Crippen LogP contribution in [0.1, 0.15) is 19.5 Å². The topological polar surface area (TPSA) is 38.0 Å². The minimum Gasteiger partial charge on any atom is -0.390 e. The predicted molar refractivity (Wildman–Crippen MR) is 65.7 cm³/mol. The molecule has 0 aliphatic heterocycles. The molecule has 0 saturated carbocycles. The first-order valence-electron chi connectivity index (χ1n) is 4.94. The lowest BCUT2D eigenvalue weighted by Crippen LogP contribution is -1.96. The van der Waals surface area contributed by atoms with Crippen LogP contribution in [0, 0.1) is 0 Å². The van der Waals surface area contributed by atoms with E-state index >= 15 is 0 Å². The van der Waals surface area contributed by atoms with Crippen LogP contribution in [0.2, 0.25) is 0 Å². The second-order valence-corrected chi connectivity index (χ2v) is 3.81. The summed E-state index contributed by atoms with van der Waals surface area (Å²) in [5.41, 5.74) is 1.76. The number of rotatable bonds is 1. The molecule has 0 spiro atoms. The van der Waals surface area contributed by atoms with Gasteiger partial charge in [0.05, 0.1) is 17.8 Å². The lowest BCUT2D eigenvalue weighted by atomic mass is 10.2. The molecule has 0 atom stereocenters. The SMILES string of the molecule is CC.Cn1nc2ccc(Br)cc2c1CO. The van der Waals surface area contributed by atoms with Crippen molar-refractivity contribution in [3.63, 3.8) is 0 Å². The van der Waals surface area contributed by atoms with Gasteiger partial charge < -0.3 is 5.11 Å². The number of halogens is 1. The molecule has 2 aromatic rings. The molecule has 0 radical (unpaired) electrons. The van der Waals surface area contributed by atoms with E-state index < -0.39 is 0 Å². The number of hydrogen-bond acceptors (Lipinski definition) is 2. The maximum absolute atomic E-state index is 9.12. The highest BCUT2D eigenvalue weighted by atomic mass is 79.9. The Bertz CT molecular complexity index is 451. The Morgan fingerprint density at radius 3 is 2.67 bits per heavy atom. The van der Waals surface area contributed by atoms with Crippen LogP contribution in [0.3, 0.4) is 0 Å². The van der Waals surface area contributed by atoms with Gasteiger partial charge >= 0.3 is 0 Å². The predicted octanol–water partition coefficient (Wildman–Crippen LogP) is 2.85. The summed E-state index contributed by atoms with van der Waals surface area (Å²) in [5, 5.41) is 14.4. The zero-order valence-corrected chi connectivity index (χ0v) is 10.7. The van der Waals surface area contributed by atoms with Crippen LogP contribution in [0.4, 0.5) is 0 Å². The van der Waals surface area contributed by atoms with Crippen molar-refractivity contribution in [2.75, 3.05) is 0 Å². The molecule has 3 nitrogen and oxygen atoms in total. The number of aromatic nitrogens is 2. The van der Waals surface area contributed by atoms with Crippen LogP contribution in [-0.4, -0.2) is 14.9 Å². The first-order chi connectivity index (χ1) is 7.22. The number of hydrogen-bond donors (Lipinski definition) is 1. The van der Waals surface area contributed by atoms with E-state index in [-0.39, 0.29) is 6.61 Å². The van der Waals surface area contributed by atoms with Crippen LogP contribution >= 0.6 is 15.9 Å². The third kappa shape index (κ3) is 2.38. The molecule has 4 heteroatoms. The van der Waals surface area contributed by atoms with Gasteiger partial charge in [0.1, 0.15) is 0 Å². The quantitative estimate of drug-likeness (QED) is 0.866. The normalized spacial score (nSPS) is 9.93. The van der Waals surface area contributed by atoms with E-state index in [4.69, 9.17) is 5.11 Å². The Balaban J connectivity index is 0.000000531. The maximum Gasteiger partial charge on any atom is 0.0927 e. The Morgan fingerprint density at radius 2 is 2.07 bits per heavy atom. The molecule has 2 rings (SSSR count). The zero-order chi connectivity index (χ0) is 11.4. The number of nitrogens with zero attached hydrogens (tertiary/aromatic N) is 2. The Kier molecular flexibility index (Phi) is 4.29. The third-order valence-corrected chi connectivity index (χ3v) is 2.56. The number of aryl methyl sites for hydroxylation is 1. The molecular formula is C11H15BrN2O. The standard InChI is InChI=1S/C9H9BrN2O.C2H6/c1-12-9(5-13)7-4-6(10)2-3-8(7)11-12;1-2/h2-4,13H,5H2,1H3;1-2H3. The minimum absolute atomic E-state index is 0.0173. The average Bonchev–Trinajstić information content (AvgIpc) is 2.56. The van der Waals surface area contributed by atoms with Gasteiger partial charge in [-0.3, -0.25) is 4.68 Å². The summed E-state index contributed by atoms with van der Waals surface area (Å²) >= 11 is 3.39. The Hall–Kier alpha value is -0.870. The summed E-state index contributed by atoms with van der Waals surface area (Å²) in [6, 6.07) is 5.84. The number of fused-ring (bicyclic) bond motifs is 1. The van der Waals surface area contributed by atoms with Gasteiger partial charge in [-0.25, -0.2) is 0 Å². The van der Waals surface area contributed by atoms with Gasteiger partial charge in [-0.1, -0.05) is 29.8 Å². The number of benzene rings is 1. The maximum atomic E-state index is 9.12. The van der Waals surface area contributed by atoms with E-state index in [0.29, 0.717) is 0 Å². The fourth-order valence-electron chi connectivity index (χ4n) is 1.41. The summed E-state index contributed by atoms with van der Waals surface area (Å²) < 4.78 is 2.71. The van der Waals surface area contributed by atoms with Gasteiger partial charge in [0.2, 0.25) is 0 Å². The van der Waals surface area contributed by atoms with Gasteiger partial charge in [0.15, 0.2) is 0 Å². The van der Waals surface area contributed by atoms with E-state index in [2.05, 4.69) is 21.0 Å². The molecule has 0 aliphatic rings. The molecule has 15 heavy (non-hydrogen) atoms. The van der Waals surface area contributed by atoms with Crippen molar-refractivity contribution >= 4 is 26.8 Å². The largest absolute Gasteiger partial charge is 0.390 e. The van der Waals surface area contributed by atoms with Gasteiger partial charge in [0, 0.05) is 16.9 Å². The molecular weight excluding hydrogens is 256 g/mol. The van der Waals surface area contributed by atoms with Crippen LogP contribution in [-0.2, 0) is 13.7 Å². The molecule has 0 amide bonds. The average molecular weight is 271 g/mol. The summed E-state index contributed by atoms with van der Waals surface area (Å²) in [7, 11) is 1.83. The van der Waals surface area contributed by atoms with E-state index in [1.807, 2.05) is 39.1 Å². The lowest BCUT2D eigenvalue weighted by molar-refractivity contribution is 0.272. The van der Waals surface area contributed by atoms with E-state index in [9.17, 15) is 0 Å². The lowest BCUT2D eigenvalue weighted by Gasteiger charge is -1.96. The fourth-order valence-corrected chi connectivity index (χ4v) is 1.77. The summed E-state index contributed by atoms with van der Waals surface area (Å²) in [5.74, 6) is 0. The first kappa shape index (κ1) is 12.2. The van der Waals surface area contributed by atoms with Gasteiger partial charge in [-0.2, -0.15) is 5.10 Å². The molecule has 0 aliphatic carbocycles. The van der Waals surface area contributed by atoms with Crippen molar-refractivity contribution in [3.8, 4) is 0 Å². The summed E-state index contributed by atoms with van der Waals surface area (Å²) in [4.78, 5) is 0. The second-order valence-electron chi connectivity index (χ2n) is 2.89. The second kappa shape index (κ2) is 5.28. The highest BCUT2D eigenvalue weighted by Gasteiger charge is 2.07. The smallest absolute Gasteiger partial charge is 0.0927 e. The van der Waals surface area contributed by atoms with Crippen molar-refractivity contribution in [3.05, 3.63) is 28.4 Å². The Labute approximate surface area is 97.8 Å². The molecule has 1 aromatic carbocycles. The van der Waals surface area contributed by atoms with Crippen molar-refractivity contribution in [1.29, 1.82) is 0 Å². The van der Waals surface area contributed by atoms with E-state index in [1.165, 1.54) is 0 Å². The molecule has 1 heterocycles. The fraction of sp³-hybridized carbons (Fsp3) is 0.364. The van der Waals surface area contributed by atoms with Gasteiger partial charge in [0.25, 0.3) is 0 Å². The molecule has 0 fully saturated rings. The summed E-state index contributed by atoms with van der Waals surface area (Å²) in [6.07, 6.45) is 0. The molecule has 1 aromatic heterocycles. The number of aliphatic hydroxyl groups excluding tert-OH is 1. The summed E-state index contributed by atoms with van der Waals surface area (Å²) in [6.45, 7) is 4.02. The van der Waals surface area contributed by atoms with Gasteiger partial charge in [-0.05, 0) is 18.2 Å². The zero-order valence-electron chi connectivity index (χ0n) is 9.16. The van der Waals surface area contributed by atoms with Crippen molar-refractivity contribution < 1.29 is 5.11 Å². The van der Waals surface area contributed by atoms with Crippen LogP contribution in [0.15, 0.2) is 22.7 Å². The van der Waals surface area contributed by atoms with Crippen LogP contribution in [0.5, 0.6) is 0 Å². The molecule has 0 saturated heterocycles. The van der Waals surface area contributed by atoms with E-state index in [0.717, 1.165) is 21.1 Å². The van der Waals surface area contributed by atoms with Crippen molar-refractivity contribution in [1.82, 2.24) is 9.78 Å². The number of aliphatic hydroxyl groups is 1. The van der Waals surface area contributed by atoms with E-state index in [1.54, 1.807) is 4.68 Å². The highest BCUT2D eigenvalue weighted by molar-refractivity contribution is 9.10.